The number of nitriles is 1. The minimum absolute atomic E-state index is 0.380. The SMILES string of the molecule is N#CC(Cl)CN1CCOC2CCCC21. The topological polar surface area (TPSA) is 36.3 Å². The van der Waals surface area contributed by atoms with Crippen LogP contribution < -0.4 is 0 Å². The quantitative estimate of drug-likeness (QED) is 0.652. The predicted molar refractivity (Wildman–Crippen MR) is 54.2 cm³/mol. The van der Waals surface area contributed by atoms with Gasteiger partial charge in [-0.2, -0.15) is 5.26 Å². The molecule has 2 aliphatic rings. The molecule has 14 heavy (non-hydrogen) atoms. The molecule has 0 amide bonds. The maximum absolute atomic E-state index is 8.67. The van der Waals surface area contributed by atoms with Gasteiger partial charge in [0.15, 0.2) is 0 Å². The highest BCUT2D eigenvalue weighted by molar-refractivity contribution is 6.22. The summed E-state index contributed by atoms with van der Waals surface area (Å²) in [5.41, 5.74) is 0. The molecule has 0 aromatic carbocycles. The van der Waals surface area contributed by atoms with Gasteiger partial charge < -0.3 is 4.74 Å². The molecule has 1 saturated heterocycles. The zero-order valence-electron chi connectivity index (χ0n) is 8.16. The van der Waals surface area contributed by atoms with Gasteiger partial charge in [0.2, 0.25) is 0 Å². The van der Waals surface area contributed by atoms with Crippen LogP contribution >= 0.6 is 11.6 Å². The Kier molecular flexibility index (Phi) is 3.27. The van der Waals surface area contributed by atoms with E-state index in [-0.39, 0.29) is 5.38 Å². The molecule has 0 bridgehead atoms. The molecule has 0 radical (unpaired) electrons. The Labute approximate surface area is 89.6 Å². The third-order valence-electron chi connectivity index (χ3n) is 3.13. The van der Waals surface area contributed by atoms with E-state index in [1.54, 1.807) is 0 Å². The average Bonchev–Trinajstić information content (AvgIpc) is 2.66. The highest BCUT2D eigenvalue weighted by atomic mass is 35.5. The molecule has 1 saturated carbocycles. The van der Waals surface area contributed by atoms with Crippen molar-refractivity contribution in [2.45, 2.75) is 36.8 Å². The number of ether oxygens (including phenoxy) is 1. The molecule has 0 aromatic heterocycles. The molecule has 78 valence electrons. The second-order valence-electron chi connectivity index (χ2n) is 4.00. The fourth-order valence-corrected chi connectivity index (χ4v) is 2.66. The van der Waals surface area contributed by atoms with E-state index in [2.05, 4.69) is 11.0 Å². The Bertz CT molecular complexity index is 241. The lowest BCUT2D eigenvalue weighted by Gasteiger charge is -2.37. The Hall–Kier alpha value is -0.300. The van der Waals surface area contributed by atoms with Crippen LogP contribution in [0.4, 0.5) is 0 Å². The van der Waals surface area contributed by atoms with Crippen molar-refractivity contribution in [1.29, 1.82) is 5.26 Å². The summed E-state index contributed by atoms with van der Waals surface area (Å²) >= 11 is 5.85. The first-order valence-corrected chi connectivity index (χ1v) is 5.64. The minimum Gasteiger partial charge on any atom is -0.375 e. The lowest BCUT2D eigenvalue weighted by molar-refractivity contribution is -0.0543. The van der Waals surface area contributed by atoms with Crippen molar-refractivity contribution < 1.29 is 4.74 Å². The maximum atomic E-state index is 8.67. The standard InChI is InChI=1S/C10H15ClN2O/c11-8(6-12)7-13-4-5-14-10-3-1-2-9(10)13/h8-10H,1-5,7H2. The highest BCUT2D eigenvalue weighted by Gasteiger charge is 2.36. The minimum atomic E-state index is -0.380. The molecule has 2 rings (SSSR count). The summed E-state index contributed by atoms with van der Waals surface area (Å²) in [6.07, 6.45) is 4.00. The maximum Gasteiger partial charge on any atom is 0.133 e. The van der Waals surface area contributed by atoms with E-state index < -0.39 is 0 Å². The van der Waals surface area contributed by atoms with Crippen LogP contribution in [0.5, 0.6) is 0 Å². The van der Waals surface area contributed by atoms with Gasteiger partial charge in [0.25, 0.3) is 0 Å². The van der Waals surface area contributed by atoms with Gasteiger partial charge in [-0.05, 0) is 19.3 Å². The van der Waals surface area contributed by atoms with Crippen LogP contribution in [-0.2, 0) is 4.74 Å². The van der Waals surface area contributed by atoms with Crippen LogP contribution in [0.2, 0.25) is 0 Å². The predicted octanol–water partition coefficient (Wildman–Crippen LogP) is 1.37. The van der Waals surface area contributed by atoms with Crippen molar-refractivity contribution in [1.82, 2.24) is 4.90 Å². The number of halogens is 1. The smallest absolute Gasteiger partial charge is 0.133 e. The van der Waals surface area contributed by atoms with Crippen molar-refractivity contribution in [3.05, 3.63) is 0 Å². The van der Waals surface area contributed by atoms with E-state index in [0.29, 0.717) is 18.7 Å². The molecular weight excluding hydrogens is 200 g/mol. The normalized spacial score (nSPS) is 34.9. The van der Waals surface area contributed by atoms with E-state index in [0.717, 1.165) is 13.2 Å². The van der Waals surface area contributed by atoms with Crippen LogP contribution in [0.1, 0.15) is 19.3 Å². The van der Waals surface area contributed by atoms with Gasteiger partial charge in [0.1, 0.15) is 5.38 Å². The van der Waals surface area contributed by atoms with E-state index in [1.807, 2.05) is 0 Å². The van der Waals surface area contributed by atoms with Crippen molar-refractivity contribution in [2.24, 2.45) is 0 Å². The van der Waals surface area contributed by atoms with E-state index in [9.17, 15) is 0 Å². The first kappa shape index (κ1) is 10.2. The number of rotatable bonds is 2. The van der Waals surface area contributed by atoms with Crippen LogP contribution in [-0.4, -0.2) is 42.1 Å². The summed E-state index contributed by atoms with van der Waals surface area (Å²) in [6, 6.07) is 2.59. The molecule has 2 fully saturated rings. The molecule has 1 heterocycles. The first-order valence-electron chi connectivity index (χ1n) is 5.20. The number of hydrogen-bond donors (Lipinski definition) is 0. The fraction of sp³-hybridized carbons (Fsp3) is 0.900. The first-order chi connectivity index (χ1) is 6.81. The zero-order chi connectivity index (χ0) is 9.97. The number of alkyl halides is 1. The van der Waals surface area contributed by atoms with E-state index >= 15 is 0 Å². The van der Waals surface area contributed by atoms with Crippen LogP contribution in [0, 0.1) is 11.3 Å². The Morgan fingerprint density at radius 1 is 1.57 bits per heavy atom. The lowest BCUT2D eigenvalue weighted by atomic mass is 10.1. The molecule has 0 aromatic rings. The van der Waals surface area contributed by atoms with Crippen molar-refractivity contribution in [3.63, 3.8) is 0 Å². The summed E-state index contributed by atoms with van der Waals surface area (Å²) < 4.78 is 5.68. The van der Waals surface area contributed by atoms with Gasteiger partial charge >= 0.3 is 0 Å². The molecule has 1 aliphatic carbocycles. The summed E-state index contributed by atoms with van der Waals surface area (Å²) in [5.74, 6) is 0. The van der Waals surface area contributed by atoms with Gasteiger partial charge in [-0.1, -0.05) is 0 Å². The van der Waals surface area contributed by atoms with Gasteiger partial charge in [0, 0.05) is 19.1 Å². The van der Waals surface area contributed by atoms with E-state index in [4.69, 9.17) is 21.6 Å². The Morgan fingerprint density at radius 2 is 2.43 bits per heavy atom. The molecule has 4 heteroatoms. The molecule has 3 atom stereocenters. The summed E-state index contributed by atoms with van der Waals surface area (Å²) in [7, 11) is 0. The van der Waals surface area contributed by atoms with Crippen molar-refractivity contribution in [2.75, 3.05) is 19.7 Å². The summed E-state index contributed by atoms with van der Waals surface area (Å²) in [6.45, 7) is 2.39. The molecule has 0 N–H and O–H groups in total. The highest BCUT2D eigenvalue weighted by Crippen LogP contribution is 2.29. The lowest BCUT2D eigenvalue weighted by Crippen LogP contribution is -2.50. The molecule has 0 spiro atoms. The molecule has 3 unspecified atom stereocenters. The monoisotopic (exact) mass is 214 g/mol. The Morgan fingerprint density at radius 3 is 3.21 bits per heavy atom. The van der Waals surface area contributed by atoms with Crippen LogP contribution in [0.25, 0.3) is 0 Å². The van der Waals surface area contributed by atoms with Crippen LogP contribution in [0.15, 0.2) is 0 Å². The summed E-state index contributed by atoms with van der Waals surface area (Å²) in [4.78, 5) is 2.32. The zero-order valence-corrected chi connectivity index (χ0v) is 8.91. The van der Waals surface area contributed by atoms with Crippen LogP contribution in [0.3, 0.4) is 0 Å². The Balaban J connectivity index is 1.94. The largest absolute Gasteiger partial charge is 0.375 e. The fourth-order valence-electron chi connectivity index (χ4n) is 2.48. The van der Waals surface area contributed by atoms with Gasteiger partial charge in [-0.15, -0.1) is 11.6 Å². The average molecular weight is 215 g/mol. The second-order valence-corrected chi connectivity index (χ2v) is 4.53. The number of nitrogens with zero attached hydrogens (tertiary/aromatic N) is 2. The number of morpholine rings is 1. The van der Waals surface area contributed by atoms with E-state index in [1.165, 1.54) is 19.3 Å². The molecule has 1 aliphatic heterocycles. The third-order valence-corrected chi connectivity index (χ3v) is 3.37. The van der Waals surface area contributed by atoms with Crippen molar-refractivity contribution >= 4 is 11.6 Å². The molecular formula is C10H15ClN2O. The second kappa shape index (κ2) is 4.48. The molecule has 3 nitrogen and oxygen atoms in total. The summed E-state index contributed by atoms with van der Waals surface area (Å²) in [5, 5.41) is 8.29. The van der Waals surface area contributed by atoms with Gasteiger partial charge in [-0.3, -0.25) is 4.90 Å². The van der Waals surface area contributed by atoms with Crippen molar-refractivity contribution in [3.8, 4) is 6.07 Å². The van der Waals surface area contributed by atoms with Gasteiger partial charge in [0.05, 0.1) is 18.8 Å². The number of hydrogen-bond acceptors (Lipinski definition) is 3. The third kappa shape index (κ3) is 2.03. The van der Waals surface area contributed by atoms with Gasteiger partial charge in [-0.25, -0.2) is 0 Å². The number of fused-ring (bicyclic) bond motifs is 1.